The fraction of sp³-hybridized carbons (Fsp3) is 0.467. The van der Waals surface area contributed by atoms with Crippen molar-refractivity contribution in [3.63, 3.8) is 0 Å². The van der Waals surface area contributed by atoms with Gasteiger partial charge in [0.1, 0.15) is 12.2 Å². The average Bonchev–Trinajstić information content (AvgIpc) is 3.17. The zero-order chi connectivity index (χ0) is 17.5. The maximum atomic E-state index is 11.2. The Balaban J connectivity index is 1.89. The fourth-order valence-electron chi connectivity index (χ4n) is 2.23. The van der Waals surface area contributed by atoms with Crippen LogP contribution in [-0.2, 0) is 36.2 Å². The summed E-state index contributed by atoms with van der Waals surface area (Å²) in [5, 5.41) is 11.2. The highest BCUT2D eigenvalue weighted by molar-refractivity contribution is 5.79. The van der Waals surface area contributed by atoms with E-state index in [1.54, 1.807) is 13.2 Å². The van der Waals surface area contributed by atoms with E-state index in [0.717, 1.165) is 12.5 Å². The number of carbonyl (C=O) groups excluding carboxylic acids is 1. The molecule has 0 amide bonds. The minimum Gasteiger partial charge on any atom is -0.468 e. The van der Waals surface area contributed by atoms with Crippen molar-refractivity contribution in [1.82, 2.24) is 29.8 Å². The van der Waals surface area contributed by atoms with Gasteiger partial charge in [0, 0.05) is 33.0 Å². The standard InChI is InChI=1S/C15H23N7O2/c1-16-15(21(3)10-13-6-5-7-20(13)2)17-8-12-9-22(19-18-12)11-14(23)24-4/h5-7,9H,8,10-11H2,1-4H3,(H,16,17). The number of guanidine groups is 1. The molecule has 2 rings (SSSR count). The first-order chi connectivity index (χ1) is 11.5. The molecule has 0 radical (unpaired) electrons. The molecule has 0 aromatic carbocycles. The lowest BCUT2D eigenvalue weighted by molar-refractivity contribution is -0.141. The number of aryl methyl sites for hydroxylation is 1. The van der Waals surface area contributed by atoms with E-state index in [9.17, 15) is 4.79 Å². The van der Waals surface area contributed by atoms with Crippen LogP contribution in [0.25, 0.3) is 0 Å². The van der Waals surface area contributed by atoms with Crippen molar-refractivity contribution in [3.8, 4) is 0 Å². The molecule has 0 fully saturated rings. The lowest BCUT2D eigenvalue weighted by Gasteiger charge is -2.22. The molecule has 130 valence electrons. The molecular weight excluding hydrogens is 310 g/mol. The van der Waals surface area contributed by atoms with Gasteiger partial charge < -0.3 is 19.5 Å². The zero-order valence-corrected chi connectivity index (χ0v) is 14.4. The Morgan fingerprint density at radius 2 is 2.29 bits per heavy atom. The fourth-order valence-corrected chi connectivity index (χ4v) is 2.23. The first kappa shape index (κ1) is 17.5. The van der Waals surface area contributed by atoms with Gasteiger partial charge in [0.25, 0.3) is 0 Å². The van der Waals surface area contributed by atoms with E-state index in [1.807, 2.05) is 31.3 Å². The third-order valence-electron chi connectivity index (χ3n) is 3.56. The Kier molecular flexibility index (Phi) is 5.94. The summed E-state index contributed by atoms with van der Waals surface area (Å²) in [6, 6.07) is 4.08. The number of methoxy groups -OCH3 is 1. The van der Waals surface area contributed by atoms with Crippen LogP contribution in [0.2, 0.25) is 0 Å². The molecule has 0 saturated carbocycles. The van der Waals surface area contributed by atoms with Crippen molar-refractivity contribution >= 4 is 11.9 Å². The molecule has 0 aliphatic carbocycles. The minimum absolute atomic E-state index is 0.0472. The van der Waals surface area contributed by atoms with Crippen LogP contribution in [0.5, 0.6) is 0 Å². The number of ether oxygens (including phenoxy) is 1. The molecule has 0 aliphatic rings. The summed E-state index contributed by atoms with van der Waals surface area (Å²) in [5.41, 5.74) is 1.90. The Labute approximate surface area is 140 Å². The summed E-state index contributed by atoms with van der Waals surface area (Å²) in [4.78, 5) is 17.5. The lowest BCUT2D eigenvalue weighted by Crippen LogP contribution is -2.38. The maximum absolute atomic E-state index is 11.2. The van der Waals surface area contributed by atoms with Crippen LogP contribution < -0.4 is 5.32 Å². The smallest absolute Gasteiger partial charge is 0.327 e. The maximum Gasteiger partial charge on any atom is 0.327 e. The van der Waals surface area contributed by atoms with E-state index in [2.05, 4.69) is 36.0 Å². The number of carbonyl (C=O) groups is 1. The number of rotatable bonds is 6. The summed E-state index contributed by atoms with van der Waals surface area (Å²) in [5.74, 6) is 0.385. The third kappa shape index (κ3) is 4.58. The predicted octanol–water partition coefficient (Wildman–Crippen LogP) is -0.00300. The summed E-state index contributed by atoms with van der Waals surface area (Å²) >= 11 is 0. The second-order valence-corrected chi connectivity index (χ2v) is 5.35. The quantitative estimate of drug-likeness (QED) is 0.455. The molecule has 24 heavy (non-hydrogen) atoms. The Bertz CT molecular complexity index is 704. The Morgan fingerprint density at radius 3 is 2.92 bits per heavy atom. The molecule has 2 aromatic rings. The first-order valence-corrected chi connectivity index (χ1v) is 7.51. The molecule has 0 unspecified atom stereocenters. The highest BCUT2D eigenvalue weighted by Gasteiger charge is 2.10. The molecule has 2 heterocycles. The molecule has 0 atom stereocenters. The summed E-state index contributed by atoms with van der Waals surface area (Å²) < 4.78 is 8.11. The van der Waals surface area contributed by atoms with Crippen LogP contribution >= 0.6 is 0 Å². The van der Waals surface area contributed by atoms with Crippen LogP contribution in [0.4, 0.5) is 0 Å². The second kappa shape index (κ2) is 8.14. The molecule has 0 spiro atoms. The van der Waals surface area contributed by atoms with Gasteiger partial charge in [-0.15, -0.1) is 5.10 Å². The molecular formula is C15H23N7O2. The summed E-state index contributed by atoms with van der Waals surface area (Å²) in [7, 11) is 7.06. The van der Waals surface area contributed by atoms with Gasteiger partial charge in [0.15, 0.2) is 5.96 Å². The SMILES string of the molecule is CN=C(NCc1cn(CC(=O)OC)nn1)N(C)Cc1cccn1C. The van der Waals surface area contributed by atoms with Crippen LogP contribution in [0.1, 0.15) is 11.4 Å². The molecule has 0 aliphatic heterocycles. The Hall–Kier alpha value is -2.84. The summed E-state index contributed by atoms with van der Waals surface area (Å²) in [6.45, 7) is 1.25. The van der Waals surface area contributed by atoms with Gasteiger partial charge in [-0.2, -0.15) is 0 Å². The van der Waals surface area contributed by atoms with Crippen molar-refractivity contribution in [3.05, 3.63) is 35.9 Å². The number of hydrogen-bond acceptors (Lipinski definition) is 5. The molecule has 0 bridgehead atoms. The first-order valence-electron chi connectivity index (χ1n) is 7.51. The van der Waals surface area contributed by atoms with E-state index < -0.39 is 0 Å². The van der Waals surface area contributed by atoms with Gasteiger partial charge in [-0.25, -0.2) is 4.68 Å². The van der Waals surface area contributed by atoms with Crippen molar-refractivity contribution in [2.75, 3.05) is 21.2 Å². The number of aromatic nitrogens is 4. The van der Waals surface area contributed by atoms with Gasteiger partial charge in [-0.05, 0) is 12.1 Å². The largest absolute Gasteiger partial charge is 0.468 e. The number of esters is 1. The predicted molar refractivity (Wildman–Crippen MR) is 89.1 cm³/mol. The van der Waals surface area contributed by atoms with Crippen molar-refractivity contribution < 1.29 is 9.53 Å². The highest BCUT2D eigenvalue weighted by atomic mass is 16.5. The zero-order valence-electron chi connectivity index (χ0n) is 14.4. The van der Waals surface area contributed by atoms with E-state index >= 15 is 0 Å². The highest BCUT2D eigenvalue weighted by Crippen LogP contribution is 2.04. The average molecular weight is 333 g/mol. The normalized spacial score (nSPS) is 11.4. The Morgan fingerprint density at radius 1 is 1.50 bits per heavy atom. The van der Waals surface area contributed by atoms with Gasteiger partial charge in [-0.3, -0.25) is 9.79 Å². The minimum atomic E-state index is -0.363. The lowest BCUT2D eigenvalue weighted by atomic mass is 10.4. The van der Waals surface area contributed by atoms with Gasteiger partial charge in [0.2, 0.25) is 0 Å². The molecule has 9 heteroatoms. The molecule has 1 N–H and O–H groups in total. The topological polar surface area (TPSA) is 89.6 Å². The molecule has 0 saturated heterocycles. The van der Waals surface area contributed by atoms with Crippen molar-refractivity contribution in [1.29, 1.82) is 0 Å². The number of hydrogen-bond donors (Lipinski definition) is 1. The van der Waals surface area contributed by atoms with Gasteiger partial charge in [-0.1, -0.05) is 5.21 Å². The van der Waals surface area contributed by atoms with Crippen LogP contribution in [0.3, 0.4) is 0 Å². The van der Waals surface area contributed by atoms with Gasteiger partial charge in [0.05, 0.1) is 26.4 Å². The monoisotopic (exact) mass is 333 g/mol. The third-order valence-corrected chi connectivity index (χ3v) is 3.56. The number of nitrogens with zero attached hydrogens (tertiary/aromatic N) is 6. The second-order valence-electron chi connectivity index (χ2n) is 5.35. The van der Waals surface area contributed by atoms with Crippen molar-refractivity contribution in [2.45, 2.75) is 19.6 Å². The number of aliphatic imine (C=N–C) groups is 1. The van der Waals surface area contributed by atoms with Crippen LogP contribution in [0, 0.1) is 0 Å². The van der Waals surface area contributed by atoms with Crippen molar-refractivity contribution in [2.24, 2.45) is 12.0 Å². The van der Waals surface area contributed by atoms with Gasteiger partial charge >= 0.3 is 5.97 Å². The van der Waals surface area contributed by atoms with E-state index in [0.29, 0.717) is 12.2 Å². The van der Waals surface area contributed by atoms with Crippen LogP contribution in [0.15, 0.2) is 29.5 Å². The van der Waals surface area contributed by atoms with Crippen LogP contribution in [-0.4, -0.2) is 57.6 Å². The van der Waals surface area contributed by atoms with E-state index in [-0.39, 0.29) is 12.5 Å². The molecule has 2 aromatic heterocycles. The summed E-state index contributed by atoms with van der Waals surface area (Å²) in [6.07, 6.45) is 3.72. The number of nitrogens with one attached hydrogen (secondary N) is 1. The van der Waals surface area contributed by atoms with E-state index in [4.69, 9.17) is 0 Å². The van der Waals surface area contributed by atoms with E-state index in [1.165, 1.54) is 17.5 Å². The molecule has 9 nitrogen and oxygen atoms in total.